The van der Waals surface area contributed by atoms with Crippen molar-refractivity contribution in [2.45, 2.75) is 30.3 Å². The number of thioether (sulfide) groups is 1. The van der Waals surface area contributed by atoms with Crippen LogP contribution in [0, 0.1) is 0 Å². The standard InChI is InChI=1S/C30H33N5O4S/c36-19-1-2-21-40-25-11-7-22(8-12-25)26-13-14-31-30(33-26)32-24-9-5-23(6-10-24)28(37)34-15-17-35(18-16-34)29(38)27-4-3-20-39-27/h3,5-14,20,27,36H,1-2,4,15-19,21H2,(H,31,32,33). The van der Waals surface area contributed by atoms with Crippen LogP contribution in [0.1, 0.15) is 29.6 Å². The molecule has 2 aliphatic heterocycles. The maximum atomic E-state index is 13.0. The maximum Gasteiger partial charge on any atom is 0.264 e. The van der Waals surface area contributed by atoms with Crippen molar-refractivity contribution >= 4 is 35.2 Å². The summed E-state index contributed by atoms with van der Waals surface area (Å²) < 4.78 is 5.34. The van der Waals surface area contributed by atoms with Gasteiger partial charge in [-0.25, -0.2) is 9.97 Å². The Bertz CT molecular complexity index is 1320. The van der Waals surface area contributed by atoms with E-state index in [-0.39, 0.29) is 18.4 Å². The van der Waals surface area contributed by atoms with E-state index in [1.165, 1.54) is 4.90 Å². The number of carbonyl (C=O) groups excluding carboxylic acids is 2. The first kappa shape index (κ1) is 27.7. The fraction of sp³-hybridized carbons (Fsp3) is 0.333. The highest BCUT2D eigenvalue weighted by molar-refractivity contribution is 7.99. The van der Waals surface area contributed by atoms with Gasteiger partial charge in [0, 0.05) is 67.1 Å². The number of rotatable bonds is 10. The molecule has 1 fully saturated rings. The van der Waals surface area contributed by atoms with Crippen molar-refractivity contribution in [3.63, 3.8) is 0 Å². The molecule has 3 aromatic rings. The Hall–Kier alpha value is -3.89. The van der Waals surface area contributed by atoms with E-state index in [4.69, 9.17) is 9.84 Å². The fourth-order valence-electron chi connectivity index (χ4n) is 4.59. The summed E-state index contributed by atoms with van der Waals surface area (Å²) in [4.78, 5) is 39.3. The van der Waals surface area contributed by atoms with E-state index in [9.17, 15) is 9.59 Å². The first-order valence-corrected chi connectivity index (χ1v) is 14.5. The zero-order valence-electron chi connectivity index (χ0n) is 22.2. The van der Waals surface area contributed by atoms with Gasteiger partial charge in [0.2, 0.25) is 5.95 Å². The Morgan fingerprint density at radius 3 is 2.42 bits per heavy atom. The largest absolute Gasteiger partial charge is 0.488 e. The molecule has 0 bridgehead atoms. The Morgan fingerprint density at radius 1 is 0.975 bits per heavy atom. The summed E-state index contributed by atoms with van der Waals surface area (Å²) in [5.74, 6) is 1.39. The molecule has 40 heavy (non-hydrogen) atoms. The molecule has 1 aromatic heterocycles. The molecule has 1 saturated heterocycles. The molecule has 0 aliphatic carbocycles. The first-order chi connectivity index (χ1) is 19.6. The SMILES string of the molecule is O=C(c1ccc(Nc2nccc(-c3ccc(SCCCCO)cc3)n2)cc1)N1CCN(C(=O)C2CC=CO2)CC1. The number of ether oxygens (including phenoxy) is 1. The van der Waals surface area contributed by atoms with Crippen molar-refractivity contribution in [1.29, 1.82) is 0 Å². The normalized spacial score (nSPS) is 16.6. The van der Waals surface area contributed by atoms with Crippen LogP contribution in [0.25, 0.3) is 11.3 Å². The number of aliphatic hydroxyl groups excluding tert-OH is 1. The number of piperazine rings is 1. The van der Waals surface area contributed by atoms with Crippen LogP contribution in [-0.2, 0) is 9.53 Å². The summed E-state index contributed by atoms with van der Waals surface area (Å²) >= 11 is 1.78. The third-order valence-corrected chi connectivity index (χ3v) is 7.96. The molecule has 5 rings (SSSR count). The van der Waals surface area contributed by atoms with E-state index in [1.807, 2.05) is 24.3 Å². The van der Waals surface area contributed by atoms with Crippen LogP contribution >= 0.6 is 11.8 Å². The van der Waals surface area contributed by atoms with E-state index in [2.05, 4.69) is 39.6 Å². The van der Waals surface area contributed by atoms with E-state index < -0.39 is 6.10 Å². The van der Waals surface area contributed by atoms with Crippen LogP contribution in [-0.4, -0.2) is 81.3 Å². The number of nitrogens with zero attached hydrogens (tertiary/aromatic N) is 4. The summed E-state index contributed by atoms with van der Waals surface area (Å²) in [7, 11) is 0. The van der Waals surface area contributed by atoms with Crippen LogP contribution in [0.5, 0.6) is 0 Å². The molecule has 0 radical (unpaired) electrons. The van der Waals surface area contributed by atoms with Gasteiger partial charge >= 0.3 is 0 Å². The monoisotopic (exact) mass is 559 g/mol. The summed E-state index contributed by atoms with van der Waals surface area (Å²) in [5.41, 5.74) is 3.19. The number of hydrogen-bond donors (Lipinski definition) is 2. The van der Waals surface area contributed by atoms with E-state index in [1.54, 1.807) is 46.2 Å². The third kappa shape index (κ3) is 7.00. The van der Waals surface area contributed by atoms with Gasteiger partial charge < -0.3 is 25.0 Å². The van der Waals surface area contributed by atoms with Gasteiger partial charge in [-0.1, -0.05) is 12.1 Å². The minimum Gasteiger partial charge on any atom is -0.488 e. The minimum absolute atomic E-state index is 0.0138. The molecular weight excluding hydrogens is 526 g/mol. The number of anilines is 2. The van der Waals surface area contributed by atoms with Crippen molar-refractivity contribution in [1.82, 2.24) is 19.8 Å². The predicted molar refractivity (Wildman–Crippen MR) is 155 cm³/mol. The van der Waals surface area contributed by atoms with Crippen molar-refractivity contribution in [2.75, 3.05) is 43.9 Å². The van der Waals surface area contributed by atoms with Gasteiger partial charge in [-0.15, -0.1) is 11.8 Å². The van der Waals surface area contributed by atoms with Gasteiger partial charge in [0.05, 0.1) is 12.0 Å². The number of aromatic nitrogens is 2. The molecule has 2 N–H and O–H groups in total. The molecular formula is C30H33N5O4S. The lowest BCUT2D eigenvalue weighted by atomic mass is 10.1. The lowest BCUT2D eigenvalue weighted by molar-refractivity contribution is -0.141. The van der Waals surface area contributed by atoms with E-state index >= 15 is 0 Å². The number of hydrogen-bond acceptors (Lipinski definition) is 8. The Morgan fingerprint density at radius 2 is 1.73 bits per heavy atom. The Labute approximate surface area is 238 Å². The molecule has 2 aromatic carbocycles. The summed E-state index contributed by atoms with van der Waals surface area (Å²) in [6.45, 7) is 2.24. The molecule has 1 atom stereocenters. The predicted octanol–water partition coefficient (Wildman–Crippen LogP) is 4.34. The number of benzene rings is 2. The second-order valence-corrected chi connectivity index (χ2v) is 10.8. The molecule has 2 amide bonds. The lowest BCUT2D eigenvalue weighted by Crippen LogP contribution is -2.52. The van der Waals surface area contributed by atoms with Gasteiger partial charge in [0.25, 0.3) is 11.8 Å². The zero-order valence-corrected chi connectivity index (χ0v) is 23.1. The number of carbonyl (C=O) groups is 2. The molecule has 10 heteroatoms. The number of aliphatic hydroxyl groups is 1. The Balaban J connectivity index is 1.14. The Kier molecular flexibility index (Phi) is 9.30. The highest BCUT2D eigenvalue weighted by Crippen LogP contribution is 2.25. The second-order valence-electron chi connectivity index (χ2n) is 9.62. The third-order valence-electron chi connectivity index (χ3n) is 6.86. The second kappa shape index (κ2) is 13.5. The van der Waals surface area contributed by atoms with E-state index in [0.29, 0.717) is 44.1 Å². The van der Waals surface area contributed by atoms with Gasteiger partial charge in [0.1, 0.15) is 0 Å². The van der Waals surface area contributed by atoms with Crippen molar-refractivity contribution < 1.29 is 19.4 Å². The molecule has 9 nitrogen and oxygen atoms in total. The topological polar surface area (TPSA) is 108 Å². The quantitative estimate of drug-likeness (QED) is 0.279. The smallest absolute Gasteiger partial charge is 0.264 e. The van der Waals surface area contributed by atoms with Crippen molar-refractivity contribution in [3.8, 4) is 11.3 Å². The maximum absolute atomic E-state index is 13.0. The molecule has 0 saturated carbocycles. The van der Waals surface area contributed by atoms with E-state index in [0.717, 1.165) is 35.5 Å². The zero-order chi connectivity index (χ0) is 27.7. The summed E-state index contributed by atoms with van der Waals surface area (Å²) in [5, 5.41) is 12.1. The van der Waals surface area contributed by atoms with Crippen molar-refractivity contribution in [2.24, 2.45) is 0 Å². The molecule has 2 aliphatic rings. The molecule has 1 unspecified atom stereocenters. The molecule has 0 spiro atoms. The number of unbranched alkanes of at least 4 members (excludes halogenated alkanes) is 1. The van der Waals surface area contributed by atoms with Gasteiger partial charge in [-0.05, 0) is 67.1 Å². The van der Waals surface area contributed by atoms with Gasteiger partial charge in [-0.2, -0.15) is 0 Å². The first-order valence-electron chi connectivity index (χ1n) is 13.5. The fourth-order valence-corrected chi connectivity index (χ4v) is 5.50. The van der Waals surface area contributed by atoms with Gasteiger partial charge in [0.15, 0.2) is 6.10 Å². The van der Waals surface area contributed by atoms with Crippen LogP contribution in [0.2, 0.25) is 0 Å². The van der Waals surface area contributed by atoms with Crippen molar-refractivity contribution in [3.05, 3.63) is 78.7 Å². The molecule has 208 valence electrons. The highest BCUT2D eigenvalue weighted by Gasteiger charge is 2.30. The minimum atomic E-state index is -0.426. The lowest BCUT2D eigenvalue weighted by Gasteiger charge is -2.35. The summed E-state index contributed by atoms with van der Waals surface area (Å²) in [6, 6.07) is 17.4. The molecule has 3 heterocycles. The van der Waals surface area contributed by atoms with Crippen LogP contribution in [0.4, 0.5) is 11.6 Å². The number of amides is 2. The van der Waals surface area contributed by atoms with Crippen LogP contribution in [0.3, 0.4) is 0 Å². The van der Waals surface area contributed by atoms with Crippen LogP contribution in [0.15, 0.2) is 78.0 Å². The summed E-state index contributed by atoms with van der Waals surface area (Å²) in [6.07, 6.45) is 7.15. The number of nitrogens with one attached hydrogen (secondary N) is 1. The average Bonchev–Trinajstić information content (AvgIpc) is 3.55. The average molecular weight is 560 g/mol. The highest BCUT2D eigenvalue weighted by atomic mass is 32.2. The van der Waals surface area contributed by atoms with Gasteiger partial charge in [-0.3, -0.25) is 9.59 Å². The van der Waals surface area contributed by atoms with Crippen LogP contribution < -0.4 is 5.32 Å².